The van der Waals surface area contributed by atoms with E-state index in [1.165, 1.54) is 26.4 Å². The SMILES string of the molecule is COc1cc(OC)cc(-c2nn(-c3cc(N4CCC(O)C4)ccc3C(F)(F)F)c(=O)c3c2CCN3CC(=O)N2CCOCC2)c1. The molecule has 3 aliphatic rings. The minimum absolute atomic E-state index is 0.120. The van der Waals surface area contributed by atoms with Crippen LogP contribution in [0.25, 0.3) is 16.9 Å². The molecule has 1 amide bonds. The highest BCUT2D eigenvalue weighted by atomic mass is 19.4. The van der Waals surface area contributed by atoms with E-state index in [2.05, 4.69) is 5.10 Å². The number of aliphatic hydroxyl groups is 1. The van der Waals surface area contributed by atoms with Crippen LogP contribution in [-0.4, -0.2) is 98.5 Å². The number of benzene rings is 2. The predicted octanol–water partition coefficient (Wildman–Crippen LogP) is 2.73. The second-order valence-electron chi connectivity index (χ2n) is 11.2. The number of amides is 1. The van der Waals surface area contributed by atoms with Crippen molar-refractivity contribution in [2.75, 3.05) is 76.5 Å². The van der Waals surface area contributed by atoms with E-state index in [1.54, 1.807) is 32.9 Å². The zero-order valence-electron chi connectivity index (χ0n) is 25.0. The number of aliphatic hydroxyl groups excluding tert-OH is 1. The highest BCUT2D eigenvalue weighted by molar-refractivity contribution is 5.84. The van der Waals surface area contributed by atoms with Gasteiger partial charge in [-0.1, -0.05) is 0 Å². The summed E-state index contributed by atoms with van der Waals surface area (Å²) in [5.41, 5.74) is -0.427. The van der Waals surface area contributed by atoms with Crippen LogP contribution in [0.5, 0.6) is 11.5 Å². The van der Waals surface area contributed by atoms with Gasteiger partial charge in [-0.05, 0) is 43.2 Å². The van der Waals surface area contributed by atoms with E-state index in [4.69, 9.17) is 14.2 Å². The van der Waals surface area contributed by atoms with Crippen molar-refractivity contribution < 1.29 is 37.3 Å². The van der Waals surface area contributed by atoms with Crippen molar-refractivity contribution in [3.63, 3.8) is 0 Å². The second kappa shape index (κ2) is 12.2. The molecule has 4 heterocycles. The summed E-state index contributed by atoms with van der Waals surface area (Å²) < 4.78 is 60.5. The number of halogens is 3. The zero-order chi connectivity index (χ0) is 31.9. The molecule has 6 rings (SSSR count). The first-order chi connectivity index (χ1) is 21.6. The molecule has 1 aromatic heterocycles. The Hall–Kier alpha value is -4.30. The fourth-order valence-electron chi connectivity index (χ4n) is 6.15. The van der Waals surface area contributed by atoms with Crippen molar-refractivity contribution >= 4 is 17.3 Å². The number of morpholine rings is 1. The van der Waals surface area contributed by atoms with Crippen molar-refractivity contribution in [3.05, 3.63) is 57.9 Å². The molecule has 0 aliphatic carbocycles. The highest BCUT2D eigenvalue weighted by Gasteiger charge is 2.37. The van der Waals surface area contributed by atoms with Gasteiger partial charge in [0.2, 0.25) is 5.91 Å². The minimum Gasteiger partial charge on any atom is -0.497 e. The molecule has 0 spiro atoms. The number of anilines is 2. The topological polar surface area (TPSA) is 110 Å². The van der Waals surface area contributed by atoms with E-state index >= 15 is 0 Å². The maximum Gasteiger partial charge on any atom is 0.418 e. The summed E-state index contributed by atoms with van der Waals surface area (Å²) in [6, 6.07) is 8.57. The molecule has 2 aromatic carbocycles. The molecule has 3 aromatic rings. The highest BCUT2D eigenvalue weighted by Crippen LogP contribution is 2.39. The molecule has 1 unspecified atom stereocenters. The van der Waals surface area contributed by atoms with E-state index in [0.29, 0.717) is 80.5 Å². The third kappa shape index (κ3) is 6.03. The standard InChI is InChI=1S/C31H34F3N5O6/c1-43-22-13-19(14-23(16-22)44-2)28-24-6-8-38(18-27(41)36-9-11-45-12-10-36)29(24)30(42)39(35-28)26-15-20(37-7-5-21(40)17-37)3-4-25(26)31(32,33)34/h3-4,13-16,21,40H,5-12,17-18H2,1-2H3. The average Bonchev–Trinajstić information content (AvgIpc) is 3.67. The number of β-amino-alcohol motifs (C(OH)–C–C–N with tert-alkyl or cyclic N) is 1. The Morgan fingerprint density at radius 1 is 1.04 bits per heavy atom. The maximum absolute atomic E-state index is 14.5. The molecule has 0 radical (unpaired) electrons. The van der Waals surface area contributed by atoms with E-state index in [9.17, 15) is 27.9 Å². The Morgan fingerprint density at radius 3 is 2.38 bits per heavy atom. The van der Waals surface area contributed by atoms with Crippen molar-refractivity contribution in [2.45, 2.75) is 25.1 Å². The third-order valence-corrected chi connectivity index (χ3v) is 8.47. The molecule has 11 nitrogen and oxygen atoms in total. The first-order valence-electron chi connectivity index (χ1n) is 14.7. The van der Waals surface area contributed by atoms with Crippen LogP contribution in [0.4, 0.5) is 24.5 Å². The van der Waals surface area contributed by atoms with E-state index in [0.717, 1.165) is 10.7 Å². The summed E-state index contributed by atoms with van der Waals surface area (Å²) >= 11 is 0. The third-order valence-electron chi connectivity index (χ3n) is 8.47. The molecule has 45 heavy (non-hydrogen) atoms. The Balaban J connectivity index is 1.55. The average molecular weight is 630 g/mol. The van der Waals surface area contributed by atoms with Gasteiger partial charge >= 0.3 is 6.18 Å². The van der Waals surface area contributed by atoms with Crippen molar-refractivity contribution in [1.82, 2.24) is 14.7 Å². The number of fused-ring (bicyclic) bond motifs is 1. The summed E-state index contributed by atoms with van der Waals surface area (Å²) in [5.74, 6) is 0.658. The van der Waals surface area contributed by atoms with E-state index in [1.807, 2.05) is 0 Å². The molecular weight excluding hydrogens is 595 g/mol. The number of carbonyl (C=O) groups excluding carboxylic acids is 1. The van der Waals surface area contributed by atoms with Crippen molar-refractivity contribution in [1.29, 1.82) is 0 Å². The Bertz CT molecular complexity index is 1630. The first-order valence-corrected chi connectivity index (χ1v) is 14.7. The number of nitrogens with zero attached hydrogens (tertiary/aromatic N) is 5. The lowest BCUT2D eigenvalue weighted by Crippen LogP contribution is -2.46. The monoisotopic (exact) mass is 629 g/mol. The molecule has 3 aliphatic heterocycles. The second-order valence-corrected chi connectivity index (χ2v) is 11.2. The van der Waals surface area contributed by atoms with Crippen LogP contribution in [0.3, 0.4) is 0 Å². The minimum atomic E-state index is -4.80. The lowest BCUT2D eigenvalue weighted by atomic mass is 10.0. The molecule has 2 saturated heterocycles. The van der Waals surface area contributed by atoms with Crippen LogP contribution < -0.4 is 24.8 Å². The van der Waals surface area contributed by atoms with Gasteiger partial charge in [0.25, 0.3) is 5.56 Å². The lowest BCUT2D eigenvalue weighted by Gasteiger charge is -2.29. The number of carbonyl (C=O) groups is 1. The van der Waals surface area contributed by atoms with Gasteiger partial charge in [0.15, 0.2) is 0 Å². The number of ether oxygens (including phenoxy) is 3. The molecular formula is C31H34F3N5O6. The zero-order valence-corrected chi connectivity index (χ0v) is 25.0. The molecule has 2 fully saturated rings. The molecule has 0 bridgehead atoms. The Kier molecular flexibility index (Phi) is 8.35. The number of alkyl halides is 3. The van der Waals surface area contributed by atoms with Gasteiger partial charge in [-0.3, -0.25) is 9.59 Å². The number of aromatic nitrogens is 2. The molecule has 240 valence electrons. The van der Waals surface area contributed by atoms with Crippen LogP contribution in [0.15, 0.2) is 41.2 Å². The smallest absolute Gasteiger partial charge is 0.418 e. The summed E-state index contributed by atoms with van der Waals surface area (Å²) in [4.78, 5) is 32.6. The molecule has 14 heteroatoms. The van der Waals surface area contributed by atoms with E-state index in [-0.39, 0.29) is 30.4 Å². The summed E-state index contributed by atoms with van der Waals surface area (Å²) in [6.45, 7) is 2.54. The number of rotatable bonds is 7. The number of hydrogen-bond donors (Lipinski definition) is 1. The van der Waals surface area contributed by atoms with E-state index < -0.39 is 29.1 Å². The van der Waals surface area contributed by atoms with Gasteiger partial charge in [-0.15, -0.1) is 0 Å². The van der Waals surface area contributed by atoms with Crippen LogP contribution in [0.1, 0.15) is 17.5 Å². The van der Waals surface area contributed by atoms with Gasteiger partial charge in [0.1, 0.15) is 17.2 Å². The van der Waals surface area contributed by atoms with Gasteiger partial charge in [0, 0.05) is 55.6 Å². The number of hydrogen-bond acceptors (Lipinski definition) is 9. The lowest BCUT2D eigenvalue weighted by molar-refractivity contribution is -0.137. The molecule has 0 saturated carbocycles. The van der Waals surface area contributed by atoms with Gasteiger partial charge in [-0.25, -0.2) is 0 Å². The quantitative estimate of drug-likeness (QED) is 0.422. The van der Waals surface area contributed by atoms with Gasteiger partial charge in [-0.2, -0.15) is 23.0 Å². The molecule has 1 atom stereocenters. The fraction of sp³-hybridized carbons (Fsp3) is 0.452. The first kappa shape index (κ1) is 30.7. The summed E-state index contributed by atoms with van der Waals surface area (Å²) in [6.07, 6.45) is -4.59. The van der Waals surface area contributed by atoms with Gasteiger partial charge in [0.05, 0.1) is 57.0 Å². The Labute approximate surface area is 257 Å². The maximum atomic E-state index is 14.5. The number of methoxy groups -OCH3 is 2. The van der Waals surface area contributed by atoms with Crippen molar-refractivity contribution in [2.24, 2.45) is 0 Å². The van der Waals surface area contributed by atoms with Gasteiger partial charge < -0.3 is 34.0 Å². The fourth-order valence-corrected chi connectivity index (χ4v) is 6.15. The van der Waals surface area contributed by atoms with Crippen molar-refractivity contribution in [3.8, 4) is 28.4 Å². The normalized spacial score (nSPS) is 18.4. The predicted molar refractivity (Wildman–Crippen MR) is 160 cm³/mol. The molecule has 1 N–H and O–H groups in total. The van der Waals surface area contributed by atoms with Crippen LogP contribution in [0.2, 0.25) is 0 Å². The Morgan fingerprint density at radius 2 is 1.76 bits per heavy atom. The summed E-state index contributed by atoms with van der Waals surface area (Å²) in [5, 5.41) is 14.7. The van der Waals surface area contributed by atoms with Crippen LogP contribution >= 0.6 is 0 Å². The van der Waals surface area contributed by atoms with Crippen LogP contribution in [0, 0.1) is 0 Å². The largest absolute Gasteiger partial charge is 0.497 e. The van der Waals surface area contributed by atoms with Crippen LogP contribution in [-0.2, 0) is 22.1 Å². The summed E-state index contributed by atoms with van der Waals surface area (Å²) in [7, 11) is 2.96.